The fourth-order valence-corrected chi connectivity index (χ4v) is 1.44. The van der Waals surface area contributed by atoms with Gasteiger partial charge in [0, 0.05) is 19.5 Å². The van der Waals surface area contributed by atoms with Gasteiger partial charge in [-0.3, -0.25) is 9.63 Å². The molecular weight excluding hydrogens is 258 g/mol. The SMILES string of the molecule is CCCNC(=O)CCNC(=O)NOCc1ccccc1. The summed E-state index contributed by atoms with van der Waals surface area (Å²) in [5.41, 5.74) is 3.23. The summed E-state index contributed by atoms with van der Waals surface area (Å²) in [5, 5.41) is 5.27. The number of rotatable bonds is 8. The molecule has 0 fully saturated rings. The smallest absolute Gasteiger partial charge is 0.338 e. The minimum atomic E-state index is -0.454. The van der Waals surface area contributed by atoms with Gasteiger partial charge < -0.3 is 10.6 Å². The third-order valence-electron chi connectivity index (χ3n) is 2.46. The van der Waals surface area contributed by atoms with E-state index in [1.54, 1.807) is 0 Å². The molecular formula is C14H21N3O3. The van der Waals surface area contributed by atoms with Crippen LogP contribution in [0.25, 0.3) is 0 Å². The van der Waals surface area contributed by atoms with Crippen LogP contribution in [-0.4, -0.2) is 25.0 Å². The van der Waals surface area contributed by atoms with E-state index in [-0.39, 0.29) is 18.9 Å². The third kappa shape index (κ3) is 7.38. The Morgan fingerprint density at radius 1 is 1.10 bits per heavy atom. The van der Waals surface area contributed by atoms with Gasteiger partial charge in [0.05, 0.1) is 6.61 Å². The van der Waals surface area contributed by atoms with E-state index in [1.165, 1.54) is 0 Å². The van der Waals surface area contributed by atoms with Crippen molar-refractivity contribution in [1.29, 1.82) is 0 Å². The molecule has 0 unspecified atom stereocenters. The number of hydrogen-bond acceptors (Lipinski definition) is 3. The van der Waals surface area contributed by atoms with Gasteiger partial charge in [-0.2, -0.15) is 0 Å². The zero-order chi connectivity index (χ0) is 14.6. The fraction of sp³-hybridized carbons (Fsp3) is 0.429. The number of urea groups is 1. The lowest BCUT2D eigenvalue weighted by molar-refractivity contribution is -0.120. The Bertz CT molecular complexity index is 409. The molecule has 0 spiro atoms. The number of nitrogens with one attached hydrogen (secondary N) is 3. The Hall–Kier alpha value is -2.08. The summed E-state index contributed by atoms with van der Waals surface area (Å²) in [6, 6.07) is 9.05. The van der Waals surface area contributed by atoms with Crippen LogP contribution >= 0.6 is 0 Å². The number of carbonyl (C=O) groups is 2. The second-order valence-corrected chi connectivity index (χ2v) is 4.23. The first-order chi connectivity index (χ1) is 9.72. The zero-order valence-electron chi connectivity index (χ0n) is 11.6. The summed E-state index contributed by atoms with van der Waals surface area (Å²) >= 11 is 0. The van der Waals surface area contributed by atoms with E-state index >= 15 is 0 Å². The van der Waals surface area contributed by atoms with Crippen molar-refractivity contribution in [3.8, 4) is 0 Å². The summed E-state index contributed by atoms with van der Waals surface area (Å²) < 4.78 is 0. The predicted molar refractivity (Wildman–Crippen MR) is 75.7 cm³/mol. The molecule has 0 radical (unpaired) electrons. The van der Waals surface area contributed by atoms with Gasteiger partial charge in [-0.25, -0.2) is 10.3 Å². The minimum absolute atomic E-state index is 0.0719. The number of hydrogen-bond donors (Lipinski definition) is 3. The molecule has 0 saturated heterocycles. The van der Waals surface area contributed by atoms with Crippen LogP contribution in [0.3, 0.4) is 0 Å². The molecule has 0 heterocycles. The maximum atomic E-state index is 11.3. The van der Waals surface area contributed by atoms with Crippen LogP contribution in [0, 0.1) is 0 Å². The molecule has 1 rings (SSSR count). The maximum Gasteiger partial charge on any atom is 0.338 e. The van der Waals surface area contributed by atoms with Crippen LogP contribution in [0.1, 0.15) is 25.3 Å². The zero-order valence-corrected chi connectivity index (χ0v) is 11.6. The second kappa shape index (κ2) is 9.80. The number of benzene rings is 1. The van der Waals surface area contributed by atoms with Crippen molar-refractivity contribution < 1.29 is 14.4 Å². The summed E-state index contributed by atoms with van der Waals surface area (Å²) in [5.74, 6) is -0.0719. The summed E-state index contributed by atoms with van der Waals surface area (Å²) in [4.78, 5) is 27.7. The molecule has 0 bridgehead atoms. The standard InChI is InChI=1S/C14H21N3O3/c1-2-9-15-13(18)8-10-16-14(19)17-20-11-12-6-4-3-5-7-12/h3-7H,2,8-11H2,1H3,(H,15,18)(H2,16,17,19). The van der Waals surface area contributed by atoms with E-state index < -0.39 is 6.03 Å². The van der Waals surface area contributed by atoms with Crippen LogP contribution in [0.2, 0.25) is 0 Å². The van der Waals surface area contributed by atoms with Crippen LogP contribution in [0.15, 0.2) is 30.3 Å². The molecule has 1 aromatic rings. The van der Waals surface area contributed by atoms with Gasteiger partial charge in [-0.1, -0.05) is 37.3 Å². The van der Waals surface area contributed by atoms with Gasteiger partial charge in [0.1, 0.15) is 0 Å². The molecule has 0 saturated carbocycles. The van der Waals surface area contributed by atoms with Crippen molar-refractivity contribution in [1.82, 2.24) is 16.1 Å². The van der Waals surface area contributed by atoms with Crippen molar-refractivity contribution in [2.24, 2.45) is 0 Å². The summed E-state index contributed by atoms with van der Waals surface area (Å²) in [6.07, 6.45) is 1.15. The van der Waals surface area contributed by atoms with Gasteiger partial charge in [-0.15, -0.1) is 0 Å². The number of hydroxylamine groups is 1. The van der Waals surface area contributed by atoms with E-state index in [0.717, 1.165) is 12.0 Å². The lowest BCUT2D eigenvalue weighted by Crippen LogP contribution is -2.37. The molecule has 6 heteroatoms. The first-order valence-corrected chi connectivity index (χ1v) is 6.68. The highest BCUT2D eigenvalue weighted by molar-refractivity contribution is 5.77. The van der Waals surface area contributed by atoms with Crippen molar-refractivity contribution in [3.63, 3.8) is 0 Å². The molecule has 0 aliphatic carbocycles. The quantitative estimate of drug-likeness (QED) is 0.628. The number of carbonyl (C=O) groups excluding carboxylic acids is 2. The summed E-state index contributed by atoms with van der Waals surface area (Å²) in [7, 11) is 0. The average molecular weight is 279 g/mol. The Labute approximate surface area is 118 Å². The topological polar surface area (TPSA) is 79.5 Å². The first kappa shape index (κ1) is 16.0. The van der Waals surface area contributed by atoms with Crippen molar-refractivity contribution >= 4 is 11.9 Å². The molecule has 0 aliphatic rings. The van der Waals surface area contributed by atoms with Crippen molar-refractivity contribution in [2.75, 3.05) is 13.1 Å². The third-order valence-corrected chi connectivity index (χ3v) is 2.46. The molecule has 6 nitrogen and oxygen atoms in total. The molecule has 1 aromatic carbocycles. The molecule has 3 N–H and O–H groups in total. The molecule has 20 heavy (non-hydrogen) atoms. The molecule has 3 amide bonds. The Balaban J connectivity index is 2.04. The van der Waals surface area contributed by atoms with Crippen LogP contribution in [0.5, 0.6) is 0 Å². The van der Waals surface area contributed by atoms with Gasteiger partial charge in [-0.05, 0) is 12.0 Å². The maximum absolute atomic E-state index is 11.3. The van der Waals surface area contributed by atoms with Gasteiger partial charge in [0.15, 0.2) is 0 Å². The van der Waals surface area contributed by atoms with E-state index in [9.17, 15) is 9.59 Å². The van der Waals surface area contributed by atoms with Crippen LogP contribution in [0.4, 0.5) is 4.79 Å². The summed E-state index contributed by atoms with van der Waals surface area (Å²) in [6.45, 7) is 3.21. The second-order valence-electron chi connectivity index (χ2n) is 4.23. The highest BCUT2D eigenvalue weighted by atomic mass is 16.7. The molecule has 0 aliphatic heterocycles. The van der Waals surface area contributed by atoms with Crippen LogP contribution in [-0.2, 0) is 16.2 Å². The van der Waals surface area contributed by atoms with Gasteiger partial charge in [0.2, 0.25) is 5.91 Å². The number of amides is 3. The molecule has 0 atom stereocenters. The Morgan fingerprint density at radius 2 is 1.85 bits per heavy atom. The molecule has 0 aromatic heterocycles. The predicted octanol–water partition coefficient (Wildman–Crippen LogP) is 1.33. The highest BCUT2D eigenvalue weighted by Crippen LogP contribution is 1.98. The van der Waals surface area contributed by atoms with E-state index in [4.69, 9.17) is 4.84 Å². The van der Waals surface area contributed by atoms with E-state index in [0.29, 0.717) is 13.2 Å². The van der Waals surface area contributed by atoms with Gasteiger partial charge in [0.25, 0.3) is 0 Å². The monoisotopic (exact) mass is 279 g/mol. The van der Waals surface area contributed by atoms with E-state index in [2.05, 4.69) is 16.1 Å². The largest absolute Gasteiger partial charge is 0.356 e. The van der Waals surface area contributed by atoms with Crippen LogP contribution < -0.4 is 16.1 Å². The molecule has 110 valence electrons. The minimum Gasteiger partial charge on any atom is -0.356 e. The lowest BCUT2D eigenvalue weighted by atomic mass is 10.2. The fourth-order valence-electron chi connectivity index (χ4n) is 1.44. The Kier molecular flexibility index (Phi) is 7.83. The lowest BCUT2D eigenvalue weighted by Gasteiger charge is -2.08. The van der Waals surface area contributed by atoms with Gasteiger partial charge >= 0.3 is 6.03 Å². The van der Waals surface area contributed by atoms with Crippen molar-refractivity contribution in [3.05, 3.63) is 35.9 Å². The van der Waals surface area contributed by atoms with Crippen molar-refractivity contribution in [2.45, 2.75) is 26.4 Å². The average Bonchev–Trinajstić information content (AvgIpc) is 2.46. The normalized spacial score (nSPS) is 9.85. The highest BCUT2D eigenvalue weighted by Gasteiger charge is 2.03. The first-order valence-electron chi connectivity index (χ1n) is 6.68. The Morgan fingerprint density at radius 3 is 2.55 bits per heavy atom. The van der Waals surface area contributed by atoms with E-state index in [1.807, 2.05) is 37.3 Å².